The maximum atomic E-state index is 5.95. The maximum absolute atomic E-state index is 5.95. The van der Waals surface area contributed by atoms with E-state index in [0.717, 1.165) is 32.3 Å². The Hall–Kier alpha value is -0.160. The van der Waals surface area contributed by atoms with Crippen LogP contribution in [0.2, 0.25) is 0 Å². The van der Waals surface area contributed by atoms with Crippen LogP contribution in [0.15, 0.2) is 0 Å². The van der Waals surface area contributed by atoms with Gasteiger partial charge in [0, 0.05) is 13.7 Å². The molecule has 4 nitrogen and oxygen atoms in total. The molecule has 0 aromatic heterocycles. The molecule has 0 aromatic carbocycles. The highest BCUT2D eigenvalue weighted by molar-refractivity contribution is 4.77. The fourth-order valence-electron chi connectivity index (χ4n) is 2.79. The van der Waals surface area contributed by atoms with E-state index in [1.807, 2.05) is 0 Å². The van der Waals surface area contributed by atoms with Gasteiger partial charge in [-0.1, -0.05) is 0 Å². The summed E-state index contributed by atoms with van der Waals surface area (Å²) in [7, 11) is 1.79. The molecular formula is C13H25NO3. The van der Waals surface area contributed by atoms with E-state index in [9.17, 15) is 0 Å². The van der Waals surface area contributed by atoms with Crippen molar-refractivity contribution in [1.29, 1.82) is 0 Å². The van der Waals surface area contributed by atoms with Gasteiger partial charge in [0.2, 0.25) is 0 Å². The third kappa shape index (κ3) is 3.91. The van der Waals surface area contributed by atoms with E-state index in [4.69, 9.17) is 19.9 Å². The fourth-order valence-corrected chi connectivity index (χ4v) is 2.79. The molecule has 4 heteroatoms. The lowest BCUT2D eigenvalue weighted by atomic mass is 9.95. The van der Waals surface area contributed by atoms with Crippen molar-refractivity contribution in [2.24, 2.45) is 5.73 Å². The Balaban J connectivity index is 1.64. The molecule has 0 amide bonds. The molecule has 2 rings (SSSR count). The standard InChI is InChI=1S/C13H25NO3/c1-15-10-3-2-4-11(7-10)16-9-13-6-5-12(8-14)17-13/h10-13H,2-9,14H2,1H3. The van der Waals surface area contributed by atoms with Crippen LogP contribution in [0, 0.1) is 0 Å². The van der Waals surface area contributed by atoms with Crippen molar-refractivity contribution in [3.63, 3.8) is 0 Å². The van der Waals surface area contributed by atoms with Crippen molar-refractivity contribution in [2.45, 2.75) is 62.9 Å². The summed E-state index contributed by atoms with van der Waals surface area (Å²) in [5.74, 6) is 0. The molecule has 4 atom stereocenters. The third-order valence-corrected chi connectivity index (χ3v) is 3.89. The van der Waals surface area contributed by atoms with E-state index in [-0.39, 0.29) is 12.2 Å². The molecule has 2 N–H and O–H groups in total. The summed E-state index contributed by atoms with van der Waals surface area (Å²) >= 11 is 0. The SMILES string of the molecule is COC1CCCC(OCC2CCC(CN)O2)C1. The fraction of sp³-hybridized carbons (Fsp3) is 1.00. The highest BCUT2D eigenvalue weighted by atomic mass is 16.5. The molecule has 1 saturated carbocycles. The van der Waals surface area contributed by atoms with Crippen LogP contribution in [-0.2, 0) is 14.2 Å². The van der Waals surface area contributed by atoms with Crippen molar-refractivity contribution in [2.75, 3.05) is 20.3 Å². The molecule has 17 heavy (non-hydrogen) atoms. The zero-order valence-corrected chi connectivity index (χ0v) is 10.8. The first-order valence-corrected chi connectivity index (χ1v) is 6.81. The van der Waals surface area contributed by atoms with E-state index in [2.05, 4.69) is 0 Å². The average Bonchev–Trinajstić information content (AvgIpc) is 2.84. The summed E-state index contributed by atoms with van der Waals surface area (Å²) in [5.41, 5.74) is 5.59. The minimum absolute atomic E-state index is 0.252. The summed E-state index contributed by atoms with van der Waals surface area (Å²) in [6.45, 7) is 1.35. The maximum Gasteiger partial charge on any atom is 0.0814 e. The first-order valence-electron chi connectivity index (χ1n) is 6.81. The zero-order chi connectivity index (χ0) is 12.1. The molecule has 1 heterocycles. The van der Waals surface area contributed by atoms with Crippen molar-refractivity contribution in [3.05, 3.63) is 0 Å². The Morgan fingerprint density at radius 2 is 1.88 bits per heavy atom. The van der Waals surface area contributed by atoms with Gasteiger partial charge in [-0.15, -0.1) is 0 Å². The van der Waals surface area contributed by atoms with Crippen LogP contribution in [0.1, 0.15) is 38.5 Å². The predicted octanol–water partition coefficient (Wildman–Crippen LogP) is 1.47. The monoisotopic (exact) mass is 243 g/mol. The highest BCUT2D eigenvalue weighted by Crippen LogP contribution is 2.25. The number of hydrogen-bond acceptors (Lipinski definition) is 4. The first kappa shape index (κ1) is 13.3. The first-order chi connectivity index (χ1) is 8.31. The van der Waals surface area contributed by atoms with Gasteiger partial charge < -0.3 is 19.9 Å². The molecule has 4 unspecified atom stereocenters. The number of nitrogens with two attached hydrogens (primary N) is 1. The van der Waals surface area contributed by atoms with E-state index in [1.54, 1.807) is 7.11 Å². The number of hydrogen-bond donors (Lipinski definition) is 1. The Morgan fingerprint density at radius 1 is 1.12 bits per heavy atom. The second kappa shape index (κ2) is 6.69. The molecule has 2 aliphatic rings. The summed E-state index contributed by atoms with van der Waals surface area (Å²) in [4.78, 5) is 0. The Morgan fingerprint density at radius 3 is 2.59 bits per heavy atom. The molecule has 1 aliphatic heterocycles. The highest BCUT2D eigenvalue weighted by Gasteiger charge is 2.27. The minimum atomic E-state index is 0.252. The molecule has 2 fully saturated rings. The van der Waals surface area contributed by atoms with Crippen LogP contribution in [0.3, 0.4) is 0 Å². The third-order valence-electron chi connectivity index (χ3n) is 3.89. The largest absolute Gasteiger partial charge is 0.381 e. The smallest absolute Gasteiger partial charge is 0.0814 e. The lowest BCUT2D eigenvalue weighted by Gasteiger charge is -2.29. The van der Waals surface area contributed by atoms with Crippen LogP contribution >= 0.6 is 0 Å². The van der Waals surface area contributed by atoms with E-state index in [0.29, 0.717) is 18.8 Å². The number of rotatable bonds is 5. The van der Waals surface area contributed by atoms with Gasteiger partial charge >= 0.3 is 0 Å². The molecule has 1 aliphatic carbocycles. The molecule has 100 valence electrons. The summed E-state index contributed by atoms with van der Waals surface area (Å²) in [6, 6.07) is 0. The topological polar surface area (TPSA) is 53.7 Å². The van der Waals surface area contributed by atoms with Gasteiger partial charge in [0.1, 0.15) is 0 Å². The quantitative estimate of drug-likeness (QED) is 0.794. The van der Waals surface area contributed by atoms with Crippen LogP contribution in [0.4, 0.5) is 0 Å². The van der Waals surface area contributed by atoms with Gasteiger partial charge in [0.15, 0.2) is 0 Å². The van der Waals surface area contributed by atoms with Gasteiger partial charge in [0.25, 0.3) is 0 Å². The van der Waals surface area contributed by atoms with Crippen LogP contribution in [0.5, 0.6) is 0 Å². The van der Waals surface area contributed by atoms with Crippen molar-refractivity contribution < 1.29 is 14.2 Å². The normalized spacial score (nSPS) is 38.5. The average molecular weight is 243 g/mol. The summed E-state index contributed by atoms with van der Waals surface area (Å²) in [6.07, 6.45) is 7.98. The molecule has 1 saturated heterocycles. The van der Waals surface area contributed by atoms with Gasteiger partial charge in [-0.25, -0.2) is 0 Å². The summed E-state index contributed by atoms with van der Waals surface area (Å²) in [5, 5.41) is 0. The summed E-state index contributed by atoms with van der Waals surface area (Å²) < 4.78 is 17.1. The molecule has 0 radical (unpaired) electrons. The minimum Gasteiger partial charge on any atom is -0.381 e. The van der Waals surface area contributed by atoms with Crippen molar-refractivity contribution >= 4 is 0 Å². The Bertz CT molecular complexity index is 225. The van der Waals surface area contributed by atoms with Gasteiger partial charge in [-0.2, -0.15) is 0 Å². The second-order valence-corrected chi connectivity index (χ2v) is 5.17. The molecule has 0 spiro atoms. The van der Waals surface area contributed by atoms with Crippen molar-refractivity contribution in [3.8, 4) is 0 Å². The van der Waals surface area contributed by atoms with Crippen LogP contribution in [0.25, 0.3) is 0 Å². The Labute approximate surface area is 104 Å². The van der Waals surface area contributed by atoms with E-state index in [1.165, 1.54) is 12.8 Å². The predicted molar refractivity (Wildman–Crippen MR) is 66.0 cm³/mol. The number of ether oxygens (including phenoxy) is 3. The van der Waals surface area contributed by atoms with Gasteiger partial charge in [0.05, 0.1) is 31.0 Å². The lowest BCUT2D eigenvalue weighted by Crippen LogP contribution is -2.30. The second-order valence-electron chi connectivity index (χ2n) is 5.17. The van der Waals surface area contributed by atoms with Gasteiger partial charge in [-0.05, 0) is 38.5 Å². The van der Waals surface area contributed by atoms with Gasteiger partial charge in [-0.3, -0.25) is 0 Å². The van der Waals surface area contributed by atoms with E-state index < -0.39 is 0 Å². The van der Waals surface area contributed by atoms with Crippen LogP contribution < -0.4 is 5.73 Å². The van der Waals surface area contributed by atoms with E-state index >= 15 is 0 Å². The zero-order valence-electron chi connectivity index (χ0n) is 10.8. The van der Waals surface area contributed by atoms with Crippen molar-refractivity contribution in [1.82, 2.24) is 0 Å². The Kier molecular flexibility index (Phi) is 5.22. The number of methoxy groups -OCH3 is 1. The molecule has 0 bridgehead atoms. The molecule has 0 aromatic rings. The van der Waals surface area contributed by atoms with Crippen LogP contribution in [-0.4, -0.2) is 44.7 Å². The molecular weight excluding hydrogens is 218 g/mol. The lowest BCUT2D eigenvalue weighted by molar-refractivity contribution is -0.0700.